The van der Waals surface area contributed by atoms with Gasteiger partial charge in [0.15, 0.2) is 17.6 Å². The molecule has 0 spiro atoms. The van der Waals surface area contributed by atoms with Crippen molar-refractivity contribution in [2.45, 2.75) is 39.9 Å². The fourth-order valence-corrected chi connectivity index (χ4v) is 1.73. The van der Waals surface area contributed by atoms with Gasteiger partial charge in [0.2, 0.25) is 0 Å². The number of carbonyl (C=O) groups excluding carboxylic acids is 1. The molecule has 2 atom stereocenters. The molecule has 0 saturated carbocycles. The van der Waals surface area contributed by atoms with Gasteiger partial charge in [0.25, 0.3) is 5.91 Å². The van der Waals surface area contributed by atoms with E-state index in [9.17, 15) is 9.90 Å². The highest BCUT2D eigenvalue weighted by Crippen LogP contribution is 2.31. The number of amides is 1. The van der Waals surface area contributed by atoms with E-state index in [1.54, 1.807) is 32.0 Å². The molecule has 1 aromatic carbocycles. The maximum atomic E-state index is 11.9. The lowest BCUT2D eigenvalue weighted by Gasteiger charge is -2.18. The smallest absolute Gasteiger partial charge is 0.260 e. The molecule has 0 fully saturated rings. The number of carbonyl (C=O) groups is 1. The molecule has 0 aliphatic carbocycles. The van der Waals surface area contributed by atoms with Crippen molar-refractivity contribution in [3.05, 3.63) is 23.8 Å². The van der Waals surface area contributed by atoms with Gasteiger partial charge in [0.1, 0.15) is 0 Å². The van der Waals surface area contributed by atoms with Crippen LogP contribution in [0.2, 0.25) is 0 Å². The third-order valence-electron chi connectivity index (χ3n) is 3.03. The lowest BCUT2D eigenvalue weighted by atomic mass is 10.1. The molecule has 2 N–H and O–H groups in total. The number of aliphatic hydroxyl groups excluding tert-OH is 1. The second-order valence-corrected chi connectivity index (χ2v) is 5.49. The Kier molecular flexibility index (Phi) is 6.49. The number of benzene rings is 1. The van der Waals surface area contributed by atoms with E-state index in [4.69, 9.17) is 9.47 Å². The van der Waals surface area contributed by atoms with Crippen LogP contribution >= 0.6 is 0 Å². The fourth-order valence-electron chi connectivity index (χ4n) is 1.73. The van der Waals surface area contributed by atoms with Gasteiger partial charge in [-0.15, -0.1) is 0 Å². The zero-order valence-corrected chi connectivity index (χ0v) is 13.3. The zero-order valence-electron chi connectivity index (χ0n) is 13.3. The minimum atomic E-state index is -0.616. The molecule has 118 valence electrons. The molecule has 0 radical (unpaired) electrons. The van der Waals surface area contributed by atoms with Gasteiger partial charge in [-0.3, -0.25) is 4.79 Å². The van der Waals surface area contributed by atoms with E-state index >= 15 is 0 Å². The van der Waals surface area contributed by atoms with Gasteiger partial charge in [-0.25, -0.2) is 0 Å². The van der Waals surface area contributed by atoms with Gasteiger partial charge in [-0.1, -0.05) is 19.9 Å². The lowest BCUT2D eigenvalue weighted by molar-refractivity contribution is -0.127. The van der Waals surface area contributed by atoms with E-state index in [1.807, 2.05) is 13.8 Å². The van der Waals surface area contributed by atoms with E-state index in [0.717, 1.165) is 5.56 Å². The van der Waals surface area contributed by atoms with Crippen LogP contribution in [-0.2, 0) is 4.79 Å². The maximum absolute atomic E-state index is 11.9. The molecule has 1 unspecified atom stereocenters. The van der Waals surface area contributed by atoms with E-state index < -0.39 is 12.2 Å². The molecular weight excluding hydrogens is 270 g/mol. The summed E-state index contributed by atoms with van der Waals surface area (Å²) in [5, 5.41) is 12.4. The number of nitrogens with one attached hydrogen (secondary N) is 1. The number of hydrogen-bond acceptors (Lipinski definition) is 4. The van der Waals surface area contributed by atoms with E-state index in [1.165, 1.54) is 7.11 Å². The highest BCUT2D eigenvalue weighted by Gasteiger charge is 2.17. The Hall–Kier alpha value is -1.75. The first-order chi connectivity index (χ1) is 9.85. The zero-order chi connectivity index (χ0) is 16.0. The Labute approximate surface area is 126 Å². The SMILES string of the molecule is COc1cc([C@H](C)O)ccc1OC(C)C(=O)NCC(C)C. The topological polar surface area (TPSA) is 67.8 Å². The number of ether oxygens (including phenoxy) is 2. The van der Waals surface area contributed by atoms with Crippen molar-refractivity contribution in [3.63, 3.8) is 0 Å². The summed E-state index contributed by atoms with van der Waals surface area (Å²) in [7, 11) is 1.53. The number of rotatable bonds is 7. The van der Waals surface area contributed by atoms with Crippen molar-refractivity contribution in [2.75, 3.05) is 13.7 Å². The van der Waals surface area contributed by atoms with Crippen LogP contribution in [0.15, 0.2) is 18.2 Å². The maximum Gasteiger partial charge on any atom is 0.260 e. The van der Waals surface area contributed by atoms with E-state index in [2.05, 4.69) is 5.32 Å². The molecular formula is C16H25NO4. The van der Waals surface area contributed by atoms with Gasteiger partial charge < -0.3 is 19.9 Å². The van der Waals surface area contributed by atoms with Crippen LogP contribution in [0.5, 0.6) is 11.5 Å². The summed E-state index contributed by atoms with van der Waals surface area (Å²) < 4.78 is 10.9. The van der Waals surface area contributed by atoms with Crippen molar-refractivity contribution < 1.29 is 19.4 Å². The number of aliphatic hydroxyl groups is 1. The van der Waals surface area contributed by atoms with Crippen molar-refractivity contribution in [2.24, 2.45) is 5.92 Å². The minimum Gasteiger partial charge on any atom is -0.493 e. The van der Waals surface area contributed by atoms with Crippen molar-refractivity contribution >= 4 is 5.91 Å². The third-order valence-corrected chi connectivity index (χ3v) is 3.03. The largest absolute Gasteiger partial charge is 0.493 e. The molecule has 0 aliphatic heterocycles. The van der Waals surface area contributed by atoms with Crippen LogP contribution < -0.4 is 14.8 Å². The first-order valence-electron chi connectivity index (χ1n) is 7.15. The summed E-state index contributed by atoms with van der Waals surface area (Å²) in [6.07, 6.45) is -1.20. The molecule has 0 aliphatic rings. The molecule has 0 heterocycles. The molecule has 1 rings (SSSR count). The van der Waals surface area contributed by atoms with E-state index in [0.29, 0.717) is 24.0 Å². The highest BCUT2D eigenvalue weighted by atomic mass is 16.5. The van der Waals surface area contributed by atoms with Crippen molar-refractivity contribution in [1.82, 2.24) is 5.32 Å². The highest BCUT2D eigenvalue weighted by molar-refractivity contribution is 5.80. The number of methoxy groups -OCH3 is 1. The molecule has 1 amide bonds. The van der Waals surface area contributed by atoms with Gasteiger partial charge in [-0.05, 0) is 37.5 Å². The molecule has 1 aromatic rings. The van der Waals surface area contributed by atoms with Gasteiger partial charge >= 0.3 is 0 Å². The van der Waals surface area contributed by atoms with Crippen LogP contribution in [0.1, 0.15) is 39.4 Å². The third kappa shape index (κ3) is 5.27. The summed E-state index contributed by atoms with van der Waals surface area (Å²) in [6, 6.07) is 5.16. The van der Waals surface area contributed by atoms with Crippen LogP contribution in [0.25, 0.3) is 0 Å². The average molecular weight is 295 g/mol. The summed E-state index contributed by atoms with van der Waals surface area (Å²) in [5.41, 5.74) is 0.733. The van der Waals surface area contributed by atoms with Crippen LogP contribution in [0.3, 0.4) is 0 Å². The molecule has 0 aromatic heterocycles. The summed E-state index contributed by atoms with van der Waals surface area (Å²) >= 11 is 0. The molecule has 0 saturated heterocycles. The standard InChI is InChI=1S/C16H25NO4/c1-10(2)9-17-16(19)12(4)21-14-7-6-13(11(3)18)8-15(14)20-5/h6-8,10-12,18H,9H2,1-5H3,(H,17,19)/t11-,12?/m0/s1. The van der Waals surface area contributed by atoms with Crippen molar-refractivity contribution in [3.8, 4) is 11.5 Å². The number of hydrogen-bond donors (Lipinski definition) is 2. The predicted octanol–water partition coefficient (Wildman–Crippen LogP) is 2.29. The van der Waals surface area contributed by atoms with Crippen LogP contribution in [0, 0.1) is 5.92 Å². The Morgan fingerprint density at radius 3 is 2.43 bits per heavy atom. The first-order valence-corrected chi connectivity index (χ1v) is 7.15. The molecule has 5 nitrogen and oxygen atoms in total. The molecule has 5 heteroatoms. The monoisotopic (exact) mass is 295 g/mol. The van der Waals surface area contributed by atoms with Crippen molar-refractivity contribution in [1.29, 1.82) is 0 Å². The fraction of sp³-hybridized carbons (Fsp3) is 0.562. The minimum absolute atomic E-state index is 0.162. The summed E-state index contributed by atoms with van der Waals surface area (Å²) in [4.78, 5) is 11.9. The quantitative estimate of drug-likeness (QED) is 0.810. The summed E-state index contributed by atoms with van der Waals surface area (Å²) in [5.74, 6) is 1.21. The first kappa shape index (κ1) is 17.3. The van der Waals surface area contributed by atoms with Crippen LogP contribution in [0.4, 0.5) is 0 Å². The Balaban J connectivity index is 2.75. The Morgan fingerprint density at radius 1 is 1.24 bits per heavy atom. The van der Waals surface area contributed by atoms with Gasteiger partial charge in [0.05, 0.1) is 13.2 Å². The second kappa shape index (κ2) is 7.88. The Morgan fingerprint density at radius 2 is 1.90 bits per heavy atom. The Bertz CT molecular complexity index is 471. The van der Waals surface area contributed by atoms with Gasteiger partial charge in [-0.2, -0.15) is 0 Å². The second-order valence-electron chi connectivity index (χ2n) is 5.49. The predicted molar refractivity (Wildman–Crippen MR) is 81.6 cm³/mol. The van der Waals surface area contributed by atoms with E-state index in [-0.39, 0.29) is 5.91 Å². The summed E-state index contributed by atoms with van der Waals surface area (Å²) in [6.45, 7) is 8.05. The molecule has 0 bridgehead atoms. The normalized spacial score (nSPS) is 13.7. The molecule has 21 heavy (non-hydrogen) atoms. The lowest BCUT2D eigenvalue weighted by Crippen LogP contribution is -2.38. The van der Waals surface area contributed by atoms with Crippen LogP contribution in [-0.4, -0.2) is 30.8 Å². The van der Waals surface area contributed by atoms with Gasteiger partial charge in [0, 0.05) is 6.54 Å². The average Bonchev–Trinajstić information content (AvgIpc) is 2.44.